The van der Waals surface area contributed by atoms with Crippen molar-refractivity contribution in [1.82, 2.24) is 15.2 Å². The van der Waals surface area contributed by atoms with E-state index in [0.717, 1.165) is 23.1 Å². The number of allylic oxidation sites excluding steroid dienone is 5. The molecule has 1 aromatic carbocycles. The first-order chi connectivity index (χ1) is 19.6. The van der Waals surface area contributed by atoms with Gasteiger partial charge in [-0.25, -0.2) is 9.18 Å². The minimum Gasteiger partial charge on any atom is -0.458 e. The second-order valence-corrected chi connectivity index (χ2v) is 9.58. The summed E-state index contributed by atoms with van der Waals surface area (Å²) in [5, 5.41) is 5.18. The number of halogens is 1. The Labute approximate surface area is 241 Å². The molecule has 0 unspecified atom stereocenters. The molecule has 214 valence electrons. The molecule has 3 amide bonds. The smallest absolute Gasteiger partial charge is 0.323 e. The van der Waals surface area contributed by atoms with Gasteiger partial charge in [-0.15, -0.1) is 0 Å². The molecule has 1 aliphatic rings. The van der Waals surface area contributed by atoms with Crippen LogP contribution in [0.15, 0.2) is 103 Å². The molecule has 0 spiro atoms. The molecule has 0 aliphatic carbocycles. The Bertz CT molecular complexity index is 1450. The fourth-order valence-corrected chi connectivity index (χ4v) is 4.14. The van der Waals surface area contributed by atoms with Crippen molar-refractivity contribution in [3.05, 3.63) is 120 Å². The van der Waals surface area contributed by atoms with Crippen LogP contribution >= 0.6 is 0 Å². The van der Waals surface area contributed by atoms with Crippen LogP contribution in [-0.2, 0) is 4.79 Å². The predicted octanol–water partition coefficient (Wildman–Crippen LogP) is 7.23. The number of carbonyl (C=O) groups is 2. The highest BCUT2D eigenvalue weighted by Crippen LogP contribution is 2.25. The van der Waals surface area contributed by atoms with Crippen molar-refractivity contribution in [2.75, 3.05) is 18.4 Å². The molecule has 8 heteroatoms. The standard InChI is InChI=1S/C33H37FN4O3/c1-7-25(19-26(8-2)32(39)38-17-15-23(5)21-38)30-20-28(14-16-35-30)41-24(6)11-12-27(9-3)36-33(40)37-31-18-22(4)10-13-29(31)34/h8-14,16,18-20H,5-7,15,17,21H2,1-4H3,(H2,36,37,40)/b12-11-,25-19+,26-8+,27-9+. The van der Waals surface area contributed by atoms with Crippen LogP contribution in [0.25, 0.3) is 5.57 Å². The van der Waals surface area contributed by atoms with E-state index < -0.39 is 11.8 Å². The van der Waals surface area contributed by atoms with Crippen LogP contribution in [0.4, 0.5) is 14.9 Å². The maximum Gasteiger partial charge on any atom is 0.323 e. The first-order valence-corrected chi connectivity index (χ1v) is 13.5. The minimum absolute atomic E-state index is 0.0193. The number of rotatable bonds is 10. The van der Waals surface area contributed by atoms with Crippen molar-refractivity contribution in [3.8, 4) is 5.75 Å². The van der Waals surface area contributed by atoms with Crippen molar-refractivity contribution in [2.45, 2.75) is 40.5 Å². The zero-order valence-electron chi connectivity index (χ0n) is 24.1. The van der Waals surface area contributed by atoms with E-state index in [2.05, 4.69) is 28.8 Å². The van der Waals surface area contributed by atoms with Crippen LogP contribution in [0.5, 0.6) is 5.75 Å². The van der Waals surface area contributed by atoms with E-state index in [1.165, 1.54) is 6.07 Å². The number of aryl methyl sites for hydroxylation is 1. The van der Waals surface area contributed by atoms with Gasteiger partial charge in [0.15, 0.2) is 0 Å². The minimum atomic E-state index is -0.579. The molecule has 3 rings (SSSR count). The SMILES string of the molecule is C=C1CCN(C(=O)C(=C/C)/C=C(\CC)c2cc(OC(=C)/C=C\C(=C/C)NC(=O)Nc3cc(C)ccc3F)ccn2)C1. The molecule has 0 bridgehead atoms. The molecule has 1 aliphatic heterocycles. The lowest BCUT2D eigenvalue weighted by Gasteiger charge is -2.16. The molecular formula is C33H37FN4O3. The van der Waals surface area contributed by atoms with Gasteiger partial charge in [-0.1, -0.05) is 43.9 Å². The molecule has 2 heterocycles. The maximum atomic E-state index is 14.0. The molecule has 0 radical (unpaired) electrons. The number of hydrogen-bond acceptors (Lipinski definition) is 4. The van der Waals surface area contributed by atoms with Crippen molar-refractivity contribution >= 4 is 23.2 Å². The van der Waals surface area contributed by atoms with E-state index in [-0.39, 0.29) is 11.6 Å². The average molecular weight is 557 g/mol. The Morgan fingerprint density at radius 2 is 1.95 bits per heavy atom. The number of anilines is 1. The Balaban J connectivity index is 1.64. The monoisotopic (exact) mass is 556 g/mol. The maximum absolute atomic E-state index is 14.0. The Morgan fingerprint density at radius 1 is 1.17 bits per heavy atom. The van der Waals surface area contributed by atoms with Gasteiger partial charge in [0.05, 0.1) is 11.4 Å². The number of aromatic nitrogens is 1. The molecule has 0 atom stereocenters. The van der Waals surface area contributed by atoms with Crippen LogP contribution in [0.2, 0.25) is 0 Å². The van der Waals surface area contributed by atoms with E-state index in [0.29, 0.717) is 48.0 Å². The van der Waals surface area contributed by atoms with Crippen molar-refractivity contribution < 1.29 is 18.7 Å². The van der Waals surface area contributed by atoms with E-state index in [4.69, 9.17) is 4.74 Å². The lowest BCUT2D eigenvalue weighted by molar-refractivity contribution is -0.125. The fourth-order valence-electron chi connectivity index (χ4n) is 4.14. The molecule has 0 saturated carbocycles. The third kappa shape index (κ3) is 8.89. The van der Waals surface area contributed by atoms with E-state index in [1.54, 1.807) is 55.6 Å². The first kappa shape index (κ1) is 30.8. The third-order valence-corrected chi connectivity index (χ3v) is 6.40. The number of nitrogens with one attached hydrogen (secondary N) is 2. The van der Waals surface area contributed by atoms with Gasteiger partial charge in [0.2, 0.25) is 0 Å². The first-order valence-electron chi connectivity index (χ1n) is 13.5. The lowest BCUT2D eigenvalue weighted by Crippen LogP contribution is -2.28. The molecule has 41 heavy (non-hydrogen) atoms. The van der Waals surface area contributed by atoms with Gasteiger partial charge < -0.3 is 20.3 Å². The number of hydrogen-bond donors (Lipinski definition) is 2. The number of carbonyl (C=O) groups excluding carboxylic acids is 2. The third-order valence-electron chi connectivity index (χ3n) is 6.40. The summed E-state index contributed by atoms with van der Waals surface area (Å²) in [4.78, 5) is 31.7. The quantitative estimate of drug-likeness (QED) is 0.140. The summed E-state index contributed by atoms with van der Waals surface area (Å²) >= 11 is 0. The number of likely N-dealkylation sites (tertiary alicyclic amines) is 1. The Hall–Kier alpha value is -4.72. The highest BCUT2D eigenvalue weighted by atomic mass is 19.1. The topological polar surface area (TPSA) is 83.6 Å². The highest BCUT2D eigenvalue weighted by molar-refractivity contribution is 5.98. The summed E-state index contributed by atoms with van der Waals surface area (Å²) in [5.74, 6) is 0.313. The summed E-state index contributed by atoms with van der Waals surface area (Å²) in [6.07, 6.45) is 11.8. The number of pyridine rings is 1. The summed E-state index contributed by atoms with van der Waals surface area (Å²) in [5.41, 5.74) is 4.65. The Morgan fingerprint density at radius 3 is 2.61 bits per heavy atom. The second-order valence-electron chi connectivity index (χ2n) is 9.58. The van der Waals surface area contributed by atoms with Gasteiger partial charge in [-0.3, -0.25) is 9.78 Å². The van der Waals surface area contributed by atoms with E-state index in [9.17, 15) is 14.0 Å². The summed E-state index contributed by atoms with van der Waals surface area (Å²) in [6.45, 7) is 16.6. The molecule has 1 aromatic heterocycles. The fraction of sp³-hybridized carbons (Fsp3) is 0.242. The average Bonchev–Trinajstić information content (AvgIpc) is 3.39. The predicted molar refractivity (Wildman–Crippen MR) is 163 cm³/mol. The number of ether oxygens (including phenoxy) is 1. The number of amides is 3. The van der Waals surface area contributed by atoms with Crippen molar-refractivity contribution in [1.29, 1.82) is 0 Å². The van der Waals surface area contributed by atoms with Gasteiger partial charge >= 0.3 is 6.03 Å². The number of urea groups is 1. The molecule has 2 N–H and O–H groups in total. The van der Waals surface area contributed by atoms with Crippen LogP contribution in [-0.4, -0.2) is 34.9 Å². The molecule has 1 saturated heterocycles. The molecule has 1 fully saturated rings. The zero-order valence-corrected chi connectivity index (χ0v) is 24.1. The van der Waals surface area contributed by atoms with Crippen LogP contribution < -0.4 is 15.4 Å². The van der Waals surface area contributed by atoms with Gasteiger partial charge in [-0.2, -0.15) is 0 Å². The normalized spacial score (nSPS) is 14.4. The van der Waals surface area contributed by atoms with E-state index in [1.807, 2.05) is 37.8 Å². The van der Waals surface area contributed by atoms with Crippen LogP contribution in [0.1, 0.15) is 44.9 Å². The summed E-state index contributed by atoms with van der Waals surface area (Å²) < 4.78 is 19.9. The van der Waals surface area contributed by atoms with Crippen LogP contribution in [0, 0.1) is 12.7 Å². The van der Waals surface area contributed by atoms with Crippen LogP contribution in [0.3, 0.4) is 0 Å². The Kier molecular flexibility index (Phi) is 11.0. The zero-order chi connectivity index (χ0) is 29.9. The van der Waals surface area contributed by atoms with E-state index >= 15 is 0 Å². The number of nitrogens with zero attached hydrogens (tertiary/aromatic N) is 2. The largest absolute Gasteiger partial charge is 0.458 e. The summed E-state index contributed by atoms with van der Waals surface area (Å²) in [6, 6.07) is 7.42. The van der Waals surface area contributed by atoms with Gasteiger partial charge in [0.25, 0.3) is 5.91 Å². The lowest BCUT2D eigenvalue weighted by atomic mass is 10.0. The van der Waals surface area contributed by atoms with Crippen molar-refractivity contribution in [3.63, 3.8) is 0 Å². The molecule has 7 nitrogen and oxygen atoms in total. The van der Waals surface area contributed by atoms with Gasteiger partial charge in [0, 0.05) is 36.6 Å². The highest BCUT2D eigenvalue weighted by Gasteiger charge is 2.22. The summed E-state index contributed by atoms with van der Waals surface area (Å²) in [7, 11) is 0. The van der Waals surface area contributed by atoms with Gasteiger partial charge in [0.1, 0.15) is 17.3 Å². The molecule has 2 aromatic rings. The second kappa shape index (κ2) is 14.6. The van der Waals surface area contributed by atoms with Gasteiger partial charge in [-0.05, 0) is 81.2 Å². The molecular weight excluding hydrogens is 519 g/mol. The van der Waals surface area contributed by atoms with Crippen molar-refractivity contribution in [2.24, 2.45) is 0 Å². The number of benzene rings is 1.